The molecule has 6 heteroatoms. The molecule has 0 aromatic heterocycles. The smallest absolute Gasteiger partial charge is 0.242 e. The van der Waals surface area contributed by atoms with Crippen molar-refractivity contribution in [2.45, 2.75) is 57.5 Å². The van der Waals surface area contributed by atoms with Crippen LogP contribution >= 0.6 is 23.4 Å². The van der Waals surface area contributed by atoms with Crippen LogP contribution in [-0.4, -0.2) is 35.1 Å². The van der Waals surface area contributed by atoms with Crippen LogP contribution in [0.5, 0.6) is 0 Å². The van der Waals surface area contributed by atoms with Crippen LogP contribution < -0.4 is 5.32 Å². The molecule has 2 amide bonds. The van der Waals surface area contributed by atoms with Crippen molar-refractivity contribution in [3.05, 3.63) is 64.7 Å². The number of carbonyl (C=O) groups excluding carboxylic acids is 2. The zero-order chi connectivity index (χ0) is 21.9. The van der Waals surface area contributed by atoms with Gasteiger partial charge in [-0.3, -0.25) is 9.59 Å². The van der Waals surface area contributed by atoms with E-state index in [0.717, 1.165) is 16.9 Å². The lowest BCUT2D eigenvalue weighted by Gasteiger charge is -2.30. The van der Waals surface area contributed by atoms with Gasteiger partial charge in [-0.15, -0.1) is 11.8 Å². The van der Waals surface area contributed by atoms with Crippen molar-refractivity contribution in [3.8, 4) is 0 Å². The van der Waals surface area contributed by atoms with Gasteiger partial charge in [-0.2, -0.15) is 0 Å². The fraction of sp³-hybridized carbons (Fsp3) is 0.417. The summed E-state index contributed by atoms with van der Waals surface area (Å²) in [4.78, 5) is 28.7. The number of thioether (sulfide) groups is 1. The third-order valence-electron chi connectivity index (χ3n) is 4.81. The monoisotopic (exact) mass is 446 g/mol. The van der Waals surface area contributed by atoms with E-state index in [1.165, 1.54) is 5.56 Å². The van der Waals surface area contributed by atoms with Crippen LogP contribution in [0.2, 0.25) is 5.02 Å². The number of nitrogens with zero attached hydrogens (tertiary/aromatic N) is 1. The second-order valence-corrected chi connectivity index (χ2v) is 8.88. The Bertz CT molecular complexity index is 809. The van der Waals surface area contributed by atoms with Crippen LogP contribution in [-0.2, 0) is 16.1 Å². The number of nitrogens with one attached hydrogen (secondary N) is 1. The maximum absolute atomic E-state index is 13.1. The summed E-state index contributed by atoms with van der Waals surface area (Å²) >= 11 is 7.55. The first-order valence-corrected chi connectivity index (χ1v) is 11.8. The summed E-state index contributed by atoms with van der Waals surface area (Å²) in [6.45, 7) is 7.06. The third-order valence-corrected chi connectivity index (χ3v) is 6.07. The molecule has 2 aromatic rings. The molecule has 0 aliphatic rings. The average Bonchev–Trinajstić information content (AvgIpc) is 2.74. The van der Waals surface area contributed by atoms with Crippen LogP contribution in [0.25, 0.3) is 0 Å². The second kappa shape index (κ2) is 12.7. The van der Waals surface area contributed by atoms with Crippen LogP contribution in [0.15, 0.2) is 53.4 Å². The highest BCUT2D eigenvalue weighted by Crippen LogP contribution is 2.22. The molecule has 0 unspecified atom stereocenters. The molecule has 0 fully saturated rings. The Morgan fingerprint density at radius 3 is 2.33 bits per heavy atom. The van der Waals surface area contributed by atoms with E-state index in [-0.39, 0.29) is 11.8 Å². The minimum absolute atomic E-state index is 0.00413. The predicted molar refractivity (Wildman–Crippen MR) is 126 cm³/mol. The van der Waals surface area contributed by atoms with Gasteiger partial charge in [0.1, 0.15) is 6.04 Å². The lowest BCUT2D eigenvalue weighted by Crippen LogP contribution is -2.49. The van der Waals surface area contributed by atoms with Gasteiger partial charge in [-0.1, -0.05) is 55.3 Å². The van der Waals surface area contributed by atoms with Crippen molar-refractivity contribution in [2.24, 2.45) is 0 Å². The van der Waals surface area contributed by atoms with Crippen molar-refractivity contribution in [2.75, 3.05) is 12.3 Å². The Balaban J connectivity index is 2.09. The van der Waals surface area contributed by atoms with E-state index >= 15 is 0 Å². The molecule has 0 aliphatic carbocycles. The predicted octanol–water partition coefficient (Wildman–Crippen LogP) is 5.46. The van der Waals surface area contributed by atoms with Gasteiger partial charge in [0, 0.05) is 35.2 Å². The van der Waals surface area contributed by atoms with E-state index in [4.69, 9.17) is 11.6 Å². The number of amides is 2. The van der Waals surface area contributed by atoms with E-state index in [1.807, 2.05) is 69.3 Å². The molecule has 162 valence electrons. The molecular weight excluding hydrogens is 416 g/mol. The Morgan fingerprint density at radius 1 is 1.07 bits per heavy atom. The molecule has 0 bridgehead atoms. The highest BCUT2D eigenvalue weighted by Gasteiger charge is 2.28. The molecule has 2 aromatic carbocycles. The fourth-order valence-corrected chi connectivity index (χ4v) is 4.07. The third kappa shape index (κ3) is 7.69. The minimum Gasteiger partial charge on any atom is -0.354 e. The summed E-state index contributed by atoms with van der Waals surface area (Å²) < 4.78 is 0. The molecule has 1 atom stereocenters. The Hall–Kier alpha value is -1.98. The van der Waals surface area contributed by atoms with Crippen molar-refractivity contribution in [1.82, 2.24) is 10.2 Å². The molecular formula is C24H31ClN2O2S. The summed E-state index contributed by atoms with van der Waals surface area (Å²) in [5, 5.41) is 3.65. The first-order chi connectivity index (χ1) is 14.4. The Morgan fingerprint density at radius 2 is 1.73 bits per heavy atom. The highest BCUT2D eigenvalue weighted by molar-refractivity contribution is 7.99. The lowest BCUT2D eigenvalue weighted by atomic mass is 10.1. The maximum Gasteiger partial charge on any atom is 0.242 e. The van der Waals surface area contributed by atoms with Gasteiger partial charge in [0.15, 0.2) is 0 Å². The van der Waals surface area contributed by atoms with Gasteiger partial charge in [-0.25, -0.2) is 0 Å². The number of benzene rings is 2. The van der Waals surface area contributed by atoms with Gasteiger partial charge < -0.3 is 10.2 Å². The summed E-state index contributed by atoms with van der Waals surface area (Å²) in [5.74, 6) is 0.568. The van der Waals surface area contributed by atoms with Gasteiger partial charge in [0.25, 0.3) is 0 Å². The van der Waals surface area contributed by atoms with Crippen LogP contribution in [0.4, 0.5) is 0 Å². The molecule has 0 spiro atoms. The van der Waals surface area contributed by atoms with Crippen molar-refractivity contribution >= 4 is 35.2 Å². The normalized spacial score (nSPS) is 11.7. The Kier molecular flexibility index (Phi) is 10.2. The van der Waals surface area contributed by atoms with Crippen molar-refractivity contribution in [3.63, 3.8) is 0 Å². The molecule has 0 aliphatic heterocycles. The van der Waals surface area contributed by atoms with E-state index in [0.29, 0.717) is 36.7 Å². The van der Waals surface area contributed by atoms with Crippen LogP contribution in [0.1, 0.15) is 44.2 Å². The largest absolute Gasteiger partial charge is 0.354 e. The van der Waals surface area contributed by atoms with E-state index in [1.54, 1.807) is 16.7 Å². The molecule has 0 saturated heterocycles. The van der Waals surface area contributed by atoms with Crippen molar-refractivity contribution in [1.29, 1.82) is 0 Å². The number of rotatable bonds is 11. The second-order valence-electron chi connectivity index (χ2n) is 7.27. The zero-order valence-corrected chi connectivity index (χ0v) is 19.6. The average molecular weight is 447 g/mol. The molecule has 2 rings (SSSR count). The quantitative estimate of drug-likeness (QED) is 0.466. The first-order valence-electron chi connectivity index (χ1n) is 10.5. The van der Waals surface area contributed by atoms with E-state index in [2.05, 4.69) is 5.32 Å². The molecule has 4 nitrogen and oxygen atoms in total. The number of halogens is 1. The van der Waals surface area contributed by atoms with Gasteiger partial charge in [0.05, 0.1) is 0 Å². The summed E-state index contributed by atoms with van der Waals surface area (Å²) in [6.07, 6.45) is 1.82. The SMILES string of the molecule is CCCNC(=O)[C@H](CC)N(Cc1ccc(C)cc1)C(=O)CCSc1ccc(Cl)cc1. The van der Waals surface area contributed by atoms with Gasteiger partial charge >= 0.3 is 0 Å². The minimum atomic E-state index is -0.467. The zero-order valence-electron chi connectivity index (χ0n) is 18.0. The van der Waals surface area contributed by atoms with Crippen LogP contribution in [0.3, 0.4) is 0 Å². The van der Waals surface area contributed by atoms with Crippen LogP contribution in [0, 0.1) is 6.92 Å². The summed E-state index contributed by atoms with van der Waals surface area (Å²) in [5.41, 5.74) is 2.20. The Labute approximate surface area is 189 Å². The van der Waals surface area contributed by atoms with Gasteiger partial charge in [-0.05, 0) is 49.6 Å². The lowest BCUT2D eigenvalue weighted by molar-refractivity contribution is -0.141. The number of carbonyl (C=O) groups is 2. The highest BCUT2D eigenvalue weighted by atomic mass is 35.5. The standard InChI is InChI=1S/C24H31ClN2O2S/c1-4-15-26-24(29)22(5-2)27(17-19-8-6-18(3)7-9-19)23(28)14-16-30-21-12-10-20(25)11-13-21/h6-13,22H,4-5,14-17H2,1-3H3,(H,26,29)/t22-/m0/s1. The summed E-state index contributed by atoms with van der Waals surface area (Å²) in [6, 6.07) is 15.2. The van der Waals surface area contributed by atoms with E-state index in [9.17, 15) is 9.59 Å². The maximum atomic E-state index is 13.1. The number of hydrogen-bond donors (Lipinski definition) is 1. The summed E-state index contributed by atoms with van der Waals surface area (Å²) in [7, 11) is 0. The molecule has 0 saturated carbocycles. The molecule has 30 heavy (non-hydrogen) atoms. The van der Waals surface area contributed by atoms with Crippen molar-refractivity contribution < 1.29 is 9.59 Å². The number of hydrogen-bond acceptors (Lipinski definition) is 3. The van der Waals surface area contributed by atoms with Gasteiger partial charge in [0.2, 0.25) is 11.8 Å². The topological polar surface area (TPSA) is 49.4 Å². The fourth-order valence-electron chi connectivity index (χ4n) is 3.11. The first kappa shape index (κ1) is 24.3. The molecule has 0 heterocycles. The molecule has 0 radical (unpaired) electrons. The van der Waals surface area contributed by atoms with E-state index < -0.39 is 6.04 Å². The number of aryl methyl sites for hydroxylation is 1. The molecule has 1 N–H and O–H groups in total.